The Hall–Kier alpha value is -2.82. The van der Waals surface area contributed by atoms with Crippen LogP contribution in [0.5, 0.6) is 5.75 Å². The van der Waals surface area contributed by atoms with Crippen molar-refractivity contribution in [3.8, 4) is 5.75 Å². The van der Waals surface area contributed by atoms with Gasteiger partial charge in [0, 0.05) is 24.2 Å². The molecule has 0 radical (unpaired) electrons. The Morgan fingerprint density at radius 1 is 1.15 bits per heavy atom. The molecule has 3 rings (SSSR count). The summed E-state index contributed by atoms with van der Waals surface area (Å²) in [6, 6.07) is 12.8. The SMILES string of the molecule is CCOc1ccc(C(=O)NC2CC(=O)N(c3ccc(C)c(C)c3)C2)cc1. The van der Waals surface area contributed by atoms with Crippen LogP contribution in [-0.2, 0) is 4.79 Å². The lowest BCUT2D eigenvalue weighted by atomic mass is 10.1. The Bertz CT molecular complexity index is 815. The van der Waals surface area contributed by atoms with E-state index in [9.17, 15) is 9.59 Å². The maximum absolute atomic E-state index is 12.4. The van der Waals surface area contributed by atoms with Crippen LogP contribution >= 0.6 is 0 Å². The van der Waals surface area contributed by atoms with Gasteiger partial charge in [-0.25, -0.2) is 0 Å². The summed E-state index contributed by atoms with van der Waals surface area (Å²) in [7, 11) is 0. The lowest BCUT2D eigenvalue weighted by Gasteiger charge is -2.18. The van der Waals surface area contributed by atoms with Gasteiger partial charge in [0.2, 0.25) is 5.91 Å². The standard InChI is InChI=1S/C21H24N2O3/c1-4-26-19-9-6-16(7-10-19)21(25)22-17-12-20(24)23(13-17)18-8-5-14(2)15(3)11-18/h5-11,17H,4,12-13H2,1-3H3,(H,22,25). The first-order valence-electron chi connectivity index (χ1n) is 8.89. The Morgan fingerprint density at radius 3 is 2.54 bits per heavy atom. The number of hydrogen-bond acceptors (Lipinski definition) is 3. The molecular weight excluding hydrogens is 328 g/mol. The van der Waals surface area contributed by atoms with Gasteiger partial charge in [-0.15, -0.1) is 0 Å². The number of aryl methyl sites for hydroxylation is 2. The van der Waals surface area contributed by atoms with Crippen LogP contribution in [0.1, 0.15) is 34.8 Å². The predicted octanol–water partition coefficient (Wildman–Crippen LogP) is 3.24. The van der Waals surface area contributed by atoms with E-state index in [4.69, 9.17) is 4.74 Å². The van der Waals surface area contributed by atoms with Crippen LogP contribution in [0.15, 0.2) is 42.5 Å². The Balaban J connectivity index is 1.65. The second-order valence-corrected chi connectivity index (χ2v) is 6.60. The monoisotopic (exact) mass is 352 g/mol. The number of anilines is 1. The van der Waals surface area contributed by atoms with Crippen molar-refractivity contribution in [2.75, 3.05) is 18.1 Å². The minimum atomic E-state index is -0.192. The molecule has 2 aromatic carbocycles. The fourth-order valence-electron chi connectivity index (χ4n) is 3.09. The van der Waals surface area contributed by atoms with E-state index in [-0.39, 0.29) is 17.9 Å². The first-order chi connectivity index (χ1) is 12.5. The van der Waals surface area contributed by atoms with Crippen LogP contribution < -0.4 is 15.0 Å². The molecule has 26 heavy (non-hydrogen) atoms. The zero-order valence-electron chi connectivity index (χ0n) is 15.4. The van der Waals surface area contributed by atoms with Crippen LogP contribution in [0.3, 0.4) is 0 Å². The number of ether oxygens (including phenoxy) is 1. The lowest BCUT2D eigenvalue weighted by molar-refractivity contribution is -0.117. The van der Waals surface area contributed by atoms with Crippen molar-refractivity contribution >= 4 is 17.5 Å². The van der Waals surface area contributed by atoms with Crippen molar-refractivity contribution in [1.29, 1.82) is 0 Å². The second-order valence-electron chi connectivity index (χ2n) is 6.60. The molecule has 2 aromatic rings. The summed E-state index contributed by atoms with van der Waals surface area (Å²) in [5.74, 6) is 0.596. The quantitative estimate of drug-likeness (QED) is 0.899. The summed E-state index contributed by atoms with van der Waals surface area (Å²) in [5, 5.41) is 2.96. The van der Waals surface area contributed by atoms with Crippen molar-refractivity contribution in [3.63, 3.8) is 0 Å². The van der Waals surface area contributed by atoms with E-state index in [1.54, 1.807) is 29.2 Å². The molecule has 5 heteroatoms. The Kier molecular flexibility index (Phi) is 5.26. The number of carbonyl (C=O) groups is 2. The van der Waals surface area contributed by atoms with Crippen molar-refractivity contribution in [2.24, 2.45) is 0 Å². The summed E-state index contributed by atoms with van der Waals surface area (Å²) in [4.78, 5) is 26.6. The Morgan fingerprint density at radius 2 is 1.88 bits per heavy atom. The van der Waals surface area contributed by atoms with Gasteiger partial charge in [0.1, 0.15) is 5.75 Å². The zero-order valence-corrected chi connectivity index (χ0v) is 15.4. The molecule has 1 aliphatic heterocycles. The number of amides is 2. The molecule has 2 amide bonds. The van der Waals surface area contributed by atoms with Crippen LogP contribution in [-0.4, -0.2) is 31.0 Å². The highest BCUT2D eigenvalue weighted by atomic mass is 16.5. The van der Waals surface area contributed by atoms with Gasteiger partial charge in [0.25, 0.3) is 5.91 Å². The predicted molar refractivity (Wildman–Crippen MR) is 102 cm³/mol. The molecule has 0 bridgehead atoms. The number of nitrogens with one attached hydrogen (secondary N) is 1. The topological polar surface area (TPSA) is 58.6 Å². The average molecular weight is 352 g/mol. The van der Waals surface area contributed by atoms with Crippen LogP contribution in [0, 0.1) is 13.8 Å². The summed E-state index contributed by atoms with van der Waals surface area (Å²) in [6.45, 7) is 7.07. The first kappa shape index (κ1) is 18.0. The number of carbonyl (C=O) groups excluding carboxylic acids is 2. The van der Waals surface area contributed by atoms with Gasteiger partial charge in [0.15, 0.2) is 0 Å². The van der Waals surface area contributed by atoms with E-state index in [2.05, 4.69) is 5.32 Å². The number of nitrogens with zero attached hydrogens (tertiary/aromatic N) is 1. The number of hydrogen-bond donors (Lipinski definition) is 1. The summed E-state index contributed by atoms with van der Waals surface area (Å²) >= 11 is 0. The highest BCUT2D eigenvalue weighted by Crippen LogP contribution is 2.24. The molecule has 1 heterocycles. The minimum absolute atomic E-state index is 0.0326. The van der Waals surface area contributed by atoms with E-state index >= 15 is 0 Å². The molecule has 0 aliphatic carbocycles. The molecule has 0 aromatic heterocycles. The summed E-state index contributed by atoms with van der Waals surface area (Å²) in [6.07, 6.45) is 0.315. The van der Waals surface area contributed by atoms with Gasteiger partial charge in [0.05, 0.1) is 12.6 Å². The summed E-state index contributed by atoms with van der Waals surface area (Å²) in [5.41, 5.74) is 3.79. The van der Waals surface area contributed by atoms with Gasteiger partial charge in [-0.1, -0.05) is 6.07 Å². The third-order valence-electron chi connectivity index (χ3n) is 4.69. The van der Waals surface area contributed by atoms with Gasteiger partial charge >= 0.3 is 0 Å². The van der Waals surface area contributed by atoms with E-state index in [0.29, 0.717) is 25.1 Å². The minimum Gasteiger partial charge on any atom is -0.494 e. The number of benzene rings is 2. The van der Waals surface area contributed by atoms with E-state index in [1.807, 2.05) is 39.0 Å². The van der Waals surface area contributed by atoms with Crippen molar-refractivity contribution in [2.45, 2.75) is 33.2 Å². The third-order valence-corrected chi connectivity index (χ3v) is 4.69. The maximum Gasteiger partial charge on any atom is 0.251 e. The normalized spacial score (nSPS) is 16.7. The highest BCUT2D eigenvalue weighted by molar-refractivity contribution is 5.99. The number of rotatable bonds is 5. The maximum atomic E-state index is 12.4. The van der Waals surface area contributed by atoms with Crippen LogP contribution in [0.25, 0.3) is 0 Å². The molecule has 1 aliphatic rings. The van der Waals surface area contributed by atoms with Crippen molar-refractivity contribution < 1.29 is 14.3 Å². The fourth-order valence-corrected chi connectivity index (χ4v) is 3.09. The molecule has 1 atom stereocenters. The third kappa shape index (κ3) is 3.87. The van der Waals surface area contributed by atoms with Crippen molar-refractivity contribution in [1.82, 2.24) is 5.32 Å². The van der Waals surface area contributed by atoms with E-state index < -0.39 is 0 Å². The average Bonchev–Trinajstić information content (AvgIpc) is 2.98. The molecular formula is C21H24N2O3. The lowest BCUT2D eigenvalue weighted by Crippen LogP contribution is -2.37. The molecule has 1 unspecified atom stereocenters. The molecule has 0 saturated carbocycles. The van der Waals surface area contributed by atoms with Crippen molar-refractivity contribution in [3.05, 3.63) is 59.2 Å². The smallest absolute Gasteiger partial charge is 0.251 e. The Labute approximate surface area is 154 Å². The molecule has 136 valence electrons. The first-order valence-corrected chi connectivity index (χ1v) is 8.89. The van der Waals surface area contributed by atoms with E-state index in [0.717, 1.165) is 17.0 Å². The summed E-state index contributed by atoms with van der Waals surface area (Å²) < 4.78 is 5.39. The van der Waals surface area contributed by atoms with Gasteiger partial charge in [-0.2, -0.15) is 0 Å². The molecule has 5 nitrogen and oxygen atoms in total. The van der Waals surface area contributed by atoms with Gasteiger partial charge in [-0.05, 0) is 68.3 Å². The molecule has 0 spiro atoms. The van der Waals surface area contributed by atoms with Crippen LogP contribution in [0.2, 0.25) is 0 Å². The largest absolute Gasteiger partial charge is 0.494 e. The zero-order chi connectivity index (χ0) is 18.7. The van der Waals surface area contributed by atoms with Gasteiger partial charge in [-0.3, -0.25) is 9.59 Å². The molecule has 1 fully saturated rings. The van der Waals surface area contributed by atoms with E-state index in [1.165, 1.54) is 5.56 Å². The molecule has 1 N–H and O–H groups in total. The second kappa shape index (κ2) is 7.60. The molecule has 1 saturated heterocycles. The highest BCUT2D eigenvalue weighted by Gasteiger charge is 2.31. The van der Waals surface area contributed by atoms with Crippen LogP contribution in [0.4, 0.5) is 5.69 Å². The fraction of sp³-hybridized carbons (Fsp3) is 0.333. The van der Waals surface area contributed by atoms with Gasteiger partial charge < -0.3 is 15.0 Å².